The number of phenolic OH excluding ortho intramolecular Hbond substituents is 1. The molecular formula is C13H20BrNO. The second-order valence-electron chi connectivity index (χ2n) is 4.35. The molecule has 90 valence electrons. The van der Waals surface area contributed by atoms with Crippen LogP contribution in [0.5, 0.6) is 5.75 Å². The normalized spacial score (nSPS) is 12.9. The highest BCUT2D eigenvalue weighted by molar-refractivity contribution is 9.10. The van der Waals surface area contributed by atoms with Gasteiger partial charge in [-0.05, 0) is 43.9 Å². The minimum Gasteiger partial charge on any atom is -0.507 e. The first-order valence-corrected chi connectivity index (χ1v) is 6.44. The summed E-state index contributed by atoms with van der Waals surface area (Å²) in [5, 5.41) is 10.2. The van der Waals surface area contributed by atoms with Crippen LogP contribution in [-0.4, -0.2) is 5.11 Å². The van der Waals surface area contributed by atoms with E-state index in [1.165, 1.54) is 0 Å². The zero-order chi connectivity index (χ0) is 12.5. The van der Waals surface area contributed by atoms with E-state index in [4.69, 9.17) is 5.73 Å². The topological polar surface area (TPSA) is 46.2 Å². The third-order valence-corrected chi connectivity index (χ3v) is 4.40. The van der Waals surface area contributed by atoms with Crippen molar-refractivity contribution < 1.29 is 5.11 Å². The van der Waals surface area contributed by atoms with Gasteiger partial charge in [-0.3, -0.25) is 0 Å². The largest absolute Gasteiger partial charge is 0.507 e. The lowest BCUT2D eigenvalue weighted by Gasteiger charge is -2.20. The van der Waals surface area contributed by atoms with Crippen LogP contribution in [0.25, 0.3) is 0 Å². The van der Waals surface area contributed by atoms with Gasteiger partial charge in [0, 0.05) is 16.1 Å². The summed E-state index contributed by atoms with van der Waals surface area (Å²) in [5.41, 5.74) is 10.1. The Morgan fingerprint density at radius 3 is 2.25 bits per heavy atom. The SMILES string of the molecule is CCCC(N)c1c(C)c(Br)c(C)c(C)c1O. The molecular weight excluding hydrogens is 266 g/mol. The summed E-state index contributed by atoms with van der Waals surface area (Å²) >= 11 is 3.57. The van der Waals surface area contributed by atoms with Crippen LogP contribution in [-0.2, 0) is 0 Å². The van der Waals surface area contributed by atoms with Crippen LogP contribution in [0.3, 0.4) is 0 Å². The number of halogens is 1. The van der Waals surface area contributed by atoms with Crippen molar-refractivity contribution in [1.82, 2.24) is 0 Å². The number of rotatable bonds is 3. The van der Waals surface area contributed by atoms with Gasteiger partial charge in [0.05, 0.1) is 0 Å². The van der Waals surface area contributed by atoms with E-state index in [2.05, 4.69) is 22.9 Å². The van der Waals surface area contributed by atoms with Gasteiger partial charge in [0.15, 0.2) is 0 Å². The summed E-state index contributed by atoms with van der Waals surface area (Å²) in [6, 6.07) is -0.0828. The van der Waals surface area contributed by atoms with Crippen LogP contribution in [0.4, 0.5) is 0 Å². The molecule has 3 heteroatoms. The van der Waals surface area contributed by atoms with Crippen molar-refractivity contribution in [3.63, 3.8) is 0 Å². The van der Waals surface area contributed by atoms with E-state index in [1.54, 1.807) is 0 Å². The predicted octanol–water partition coefficient (Wildman–Crippen LogP) is 3.88. The molecule has 0 amide bonds. The second kappa shape index (κ2) is 5.19. The molecule has 0 aliphatic rings. The molecule has 1 aromatic carbocycles. The van der Waals surface area contributed by atoms with Gasteiger partial charge in [-0.2, -0.15) is 0 Å². The monoisotopic (exact) mass is 285 g/mol. The maximum absolute atomic E-state index is 10.2. The molecule has 0 aliphatic carbocycles. The van der Waals surface area contributed by atoms with Gasteiger partial charge >= 0.3 is 0 Å². The summed E-state index contributed by atoms with van der Waals surface area (Å²) in [6.45, 7) is 8.03. The van der Waals surface area contributed by atoms with E-state index in [-0.39, 0.29) is 6.04 Å². The number of phenols is 1. The molecule has 1 atom stereocenters. The summed E-state index contributed by atoms with van der Waals surface area (Å²) < 4.78 is 1.06. The van der Waals surface area contributed by atoms with Crippen molar-refractivity contribution in [3.05, 3.63) is 26.7 Å². The average molecular weight is 286 g/mol. The molecule has 0 aliphatic heterocycles. The molecule has 1 rings (SSSR count). The van der Waals surface area contributed by atoms with Crippen molar-refractivity contribution in [2.75, 3.05) is 0 Å². The van der Waals surface area contributed by atoms with Crippen LogP contribution in [0.15, 0.2) is 4.47 Å². The maximum atomic E-state index is 10.2. The summed E-state index contributed by atoms with van der Waals surface area (Å²) in [7, 11) is 0. The molecule has 3 N–H and O–H groups in total. The molecule has 1 aromatic rings. The van der Waals surface area contributed by atoms with E-state index in [0.29, 0.717) is 5.75 Å². The fraction of sp³-hybridized carbons (Fsp3) is 0.538. The molecule has 0 saturated heterocycles. The molecule has 0 bridgehead atoms. The lowest BCUT2D eigenvalue weighted by Crippen LogP contribution is -2.13. The van der Waals surface area contributed by atoms with Gasteiger partial charge in [-0.15, -0.1) is 0 Å². The first kappa shape index (κ1) is 13.5. The van der Waals surface area contributed by atoms with Crippen LogP contribution >= 0.6 is 15.9 Å². The van der Waals surface area contributed by atoms with E-state index in [0.717, 1.165) is 39.6 Å². The Morgan fingerprint density at radius 1 is 1.19 bits per heavy atom. The van der Waals surface area contributed by atoms with Crippen molar-refractivity contribution in [2.45, 2.75) is 46.6 Å². The van der Waals surface area contributed by atoms with Gasteiger partial charge in [0.2, 0.25) is 0 Å². The van der Waals surface area contributed by atoms with E-state index >= 15 is 0 Å². The second-order valence-corrected chi connectivity index (χ2v) is 5.14. The van der Waals surface area contributed by atoms with Crippen molar-refractivity contribution in [2.24, 2.45) is 5.73 Å². The first-order valence-electron chi connectivity index (χ1n) is 5.65. The molecule has 0 heterocycles. The lowest BCUT2D eigenvalue weighted by atomic mass is 9.92. The Balaban J connectivity index is 3.39. The third kappa shape index (κ3) is 2.25. The first-order chi connectivity index (χ1) is 7.41. The predicted molar refractivity (Wildman–Crippen MR) is 71.9 cm³/mol. The highest BCUT2D eigenvalue weighted by atomic mass is 79.9. The zero-order valence-corrected chi connectivity index (χ0v) is 12.0. The molecule has 0 radical (unpaired) electrons. The smallest absolute Gasteiger partial charge is 0.123 e. The van der Waals surface area contributed by atoms with E-state index in [1.807, 2.05) is 20.8 Å². The molecule has 0 spiro atoms. The number of nitrogens with two attached hydrogens (primary N) is 1. The molecule has 0 saturated carbocycles. The van der Waals surface area contributed by atoms with Crippen LogP contribution < -0.4 is 5.73 Å². The Kier molecular flexibility index (Phi) is 4.39. The molecule has 0 fully saturated rings. The Hall–Kier alpha value is -0.540. The summed E-state index contributed by atoms with van der Waals surface area (Å²) in [6.07, 6.45) is 1.91. The summed E-state index contributed by atoms with van der Waals surface area (Å²) in [5.74, 6) is 0.360. The quantitative estimate of drug-likeness (QED) is 0.885. The highest BCUT2D eigenvalue weighted by Gasteiger charge is 2.19. The van der Waals surface area contributed by atoms with Gasteiger partial charge in [-0.1, -0.05) is 29.3 Å². The molecule has 16 heavy (non-hydrogen) atoms. The Labute approximate surface area is 106 Å². The number of aromatic hydroxyl groups is 1. The van der Waals surface area contributed by atoms with Crippen molar-refractivity contribution in [1.29, 1.82) is 0 Å². The van der Waals surface area contributed by atoms with Gasteiger partial charge < -0.3 is 10.8 Å². The highest BCUT2D eigenvalue weighted by Crippen LogP contribution is 2.38. The minimum absolute atomic E-state index is 0.0828. The lowest BCUT2D eigenvalue weighted by molar-refractivity contribution is 0.452. The van der Waals surface area contributed by atoms with E-state index < -0.39 is 0 Å². The fourth-order valence-corrected chi connectivity index (χ4v) is 2.54. The van der Waals surface area contributed by atoms with Gasteiger partial charge in [0.25, 0.3) is 0 Å². The average Bonchev–Trinajstić information content (AvgIpc) is 2.24. The Morgan fingerprint density at radius 2 is 1.75 bits per heavy atom. The van der Waals surface area contributed by atoms with Crippen LogP contribution in [0, 0.1) is 20.8 Å². The van der Waals surface area contributed by atoms with Crippen molar-refractivity contribution in [3.8, 4) is 5.75 Å². The fourth-order valence-electron chi connectivity index (χ4n) is 2.03. The molecule has 1 unspecified atom stereocenters. The molecule has 0 aromatic heterocycles. The number of benzene rings is 1. The minimum atomic E-state index is -0.0828. The molecule has 2 nitrogen and oxygen atoms in total. The number of hydrogen-bond acceptors (Lipinski definition) is 2. The van der Waals surface area contributed by atoms with Crippen LogP contribution in [0.1, 0.15) is 48.1 Å². The summed E-state index contributed by atoms with van der Waals surface area (Å²) in [4.78, 5) is 0. The van der Waals surface area contributed by atoms with Gasteiger partial charge in [0.1, 0.15) is 5.75 Å². The Bertz CT molecular complexity index is 372. The van der Waals surface area contributed by atoms with Gasteiger partial charge in [-0.25, -0.2) is 0 Å². The standard InChI is InChI=1S/C13H20BrNO/c1-5-6-10(15)11-9(4)12(14)7(2)8(3)13(11)16/h10,16H,5-6,15H2,1-4H3. The maximum Gasteiger partial charge on any atom is 0.123 e. The van der Waals surface area contributed by atoms with Crippen LogP contribution in [0.2, 0.25) is 0 Å². The zero-order valence-electron chi connectivity index (χ0n) is 10.4. The van der Waals surface area contributed by atoms with E-state index in [9.17, 15) is 5.11 Å². The number of hydrogen-bond donors (Lipinski definition) is 2. The van der Waals surface area contributed by atoms with Crippen molar-refractivity contribution >= 4 is 15.9 Å². The third-order valence-electron chi connectivity index (χ3n) is 3.21.